The molecule has 0 radical (unpaired) electrons. The maximum atomic E-state index is 12.6. The minimum Gasteiger partial charge on any atom is -0.361 e. The zero-order valence-corrected chi connectivity index (χ0v) is 21.6. The van der Waals surface area contributed by atoms with E-state index >= 15 is 0 Å². The van der Waals surface area contributed by atoms with E-state index < -0.39 is 0 Å². The first-order valence-electron chi connectivity index (χ1n) is 12.8. The van der Waals surface area contributed by atoms with Gasteiger partial charge in [0.2, 0.25) is 5.91 Å². The molecule has 1 aromatic heterocycles. The molecule has 0 atom stereocenters. The van der Waals surface area contributed by atoms with E-state index in [0.717, 1.165) is 31.5 Å². The molecule has 1 N–H and O–H groups in total. The fraction of sp³-hybridized carbons (Fsp3) is 0.414. The van der Waals surface area contributed by atoms with Gasteiger partial charge in [0.1, 0.15) is 0 Å². The number of rotatable bonds is 6. The fourth-order valence-electron chi connectivity index (χ4n) is 5.61. The zero-order chi connectivity index (χ0) is 24.2. The van der Waals surface area contributed by atoms with Crippen LogP contribution in [0, 0.1) is 5.92 Å². The van der Waals surface area contributed by atoms with Gasteiger partial charge in [0.05, 0.1) is 0 Å². The van der Waals surface area contributed by atoms with Crippen LogP contribution < -0.4 is 0 Å². The number of fused-ring (bicyclic) bond motifs is 1. The van der Waals surface area contributed by atoms with Gasteiger partial charge in [-0.1, -0.05) is 47.5 Å². The van der Waals surface area contributed by atoms with E-state index in [1.807, 2.05) is 11.0 Å². The highest BCUT2D eigenvalue weighted by atomic mass is 35.5. The fourth-order valence-corrected chi connectivity index (χ4v) is 6.08. The Balaban J connectivity index is 1.04. The van der Waals surface area contributed by atoms with E-state index in [0.29, 0.717) is 21.9 Å². The lowest BCUT2D eigenvalue weighted by molar-refractivity contribution is -0.127. The van der Waals surface area contributed by atoms with Crippen molar-refractivity contribution in [2.75, 3.05) is 32.7 Å². The number of H-pyrrole nitrogens is 1. The molecule has 0 saturated carbocycles. The quantitative estimate of drug-likeness (QED) is 0.363. The number of benzene rings is 2. The van der Waals surface area contributed by atoms with Gasteiger partial charge in [0.15, 0.2) is 0 Å². The average molecular weight is 511 g/mol. The number of para-hydroxylation sites is 1. The number of aromatic nitrogens is 1. The molecule has 1 amide bonds. The number of carbonyl (C=O) groups is 1. The summed E-state index contributed by atoms with van der Waals surface area (Å²) in [5, 5.41) is 2.54. The second kappa shape index (κ2) is 11.2. The van der Waals surface area contributed by atoms with Crippen LogP contribution in [0.2, 0.25) is 10.0 Å². The van der Waals surface area contributed by atoms with Crippen LogP contribution in [0.3, 0.4) is 0 Å². The van der Waals surface area contributed by atoms with E-state index in [9.17, 15) is 4.79 Å². The first-order valence-corrected chi connectivity index (χ1v) is 13.5. The Kier molecular flexibility index (Phi) is 7.81. The van der Waals surface area contributed by atoms with Gasteiger partial charge in [-0.25, -0.2) is 0 Å². The number of halogens is 2. The maximum absolute atomic E-state index is 12.6. The molecule has 3 heterocycles. The molecular weight excluding hydrogens is 477 g/mol. The van der Waals surface area contributed by atoms with Crippen molar-refractivity contribution < 1.29 is 4.79 Å². The summed E-state index contributed by atoms with van der Waals surface area (Å²) in [7, 11) is 0. The minimum atomic E-state index is 0.0637. The molecule has 4 nitrogen and oxygen atoms in total. The van der Waals surface area contributed by atoms with Gasteiger partial charge >= 0.3 is 0 Å². The average Bonchev–Trinajstić information content (AvgIpc) is 3.32. The molecule has 35 heavy (non-hydrogen) atoms. The molecule has 2 saturated heterocycles. The lowest BCUT2D eigenvalue weighted by atomic mass is 9.88. The molecule has 184 valence electrons. The number of carbonyl (C=O) groups excluding carboxylic acids is 1. The van der Waals surface area contributed by atoms with Crippen LogP contribution in [-0.4, -0.2) is 53.4 Å². The first kappa shape index (κ1) is 24.4. The van der Waals surface area contributed by atoms with Gasteiger partial charge < -0.3 is 14.8 Å². The van der Waals surface area contributed by atoms with E-state index in [4.69, 9.17) is 23.2 Å². The summed E-state index contributed by atoms with van der Waals surface area (Å²) in [4.78, 5) is 20.7. The number of amides is 1. The molecule has 2 aliphatic rings. The summed E-state index contributed by atoms with van der Waals surface area (Å²) in [5.74, 6) is 1.43. The normalized spacial score (nSPS) is 18.6. The Morgan fingerprint density at radius 3 is 2.54 bits per heavy atom. The van der Waals surface area contributed by atoms with Crippen molar-refractivity contribution in [3.8, 4) is 0 Å². The number of hydrogen-bond acceptors (Lipinski definition) is 2. The molecule has 2 aliphatic heterocycles. The van der Waals surface area contributed by atoms with Crippen LogP contribution in [0.15, 0.2) is 54.7 Å². The molecule has 6 heteroatoms. The topological polar surface area (TPSA) is 39.3 Å². The molecular formula is C29H33Cl2N3O. The van der Waals surface area contributed by atoms with Crippen LogP contribution in [0.4, 0.5) is 0 Å². The summed E-state index contributed by atoms with van der Waals surface area (Å²) >= 11 is 12.2. The largest absolute Gasteiger partial charge is 0.361 e. The number of nitrogens with zero attached hydrogens (tertiary/aromatic N) is 2. The highest BCUT2D eigenvalue weighted by Gasteiger charge is 2.25. The number of aromatic amines is 1. The predicted molar refractivity (Wildman–Crippen MR) is 146 cm³/mol. The Bertz CT molecular complexity index is 1190. The standard InChI is InChI=1S/C29H33Cl2N3O/c30-24-7-5-23(27(31)19-24)6-8-29(35)34-17-10-21(11-18-34)9-14-33-15-12-22(13-16-33)26-20-32-28-4-2-1-3-25(26)28/h1-8,19-22,32H,9-18H2/b8-6+. The third-order valence-corrected chi connectivity index (χ3v) is 8.36. The molecule has 0 bridgehead atoms. The van der Waals surface area contributed by atoms with Crippen LogP contribution in [-0.2, 0) is 4.79 Å². The number of piperidine rings is 2. The molecule has 2 aromatic carbocycles. The van der Waals surface area contributed by atoms with Gasteiger partial charge in [-0.2, -0.15) is 0 Å². The monoisotopic (exact) mass is 509 g/mol. The Labute approximate surface area is 217 Å². The Morgan fingerprint density at radius 2 is 1.77 bits per heavy atom. The van der Waals surface area contributed by atoms with Gasteiger partial charge in [0.25, 0.3) is 0 Å². The maximum Gasteiger partial charge on any atom is 0.246 e. The van der Waals surface area contributed by atoms with Gasteiger partial charge in [-0.3, -0.25) is 4.79 Å². The number of nitrogens with one attached hydrogen (secondary N) is 1. The summed E-state index contributed by atoms with van der Waals surface area (Å²) in [6.07, 6.45) is 11.5. The van der Waals surface area contributed by atoms with Crippen LogP contribution >= 0.6 is 23.2 Å². The van der Waals surface area contributed by atoms with Crippen molar-refractivity contribution in [2.45, 2.75) is 38.0 Å². The summed E-state index contributed by atoms with van der Waals surface area (Å²) in [5.41, 5.74) is 3.55. The zero-order valence-electron chi connectivity index (χ0n) is 20.1. The highest BCUT2D eigenvalue weighted by molar-refractivity contribution is 6.35. The third-order valence-electron chi connectivity index (χ3n) is 7.80. The number of hydrogen-bond donors (Lipinski definition) is 1. The highest BCUT2D eigenvalue weighted by Crippen LogP contribution is 2.33. The molecule has 0 aliphatic carbocycles. The SMILES string of the molecule is O=C(/C=C/c1ccc(Cl)cc1Cl)N1CCC(CCN2CCC(c3c[nH]c4ccccc34)CC2)CC1. The Hall–Kier alpha value is -2.27. The van der Waals surface area contributed by atoms with Crippen molar-refractivity contribution in [2.24, 2.45) is 5.92 Å². The van der Waals surface area contributed by atoms with Crippen molar-refractivity contribution in [3.63, 3.8) is 0 Å². The summed E-state index contributed by atoms with van der Waals surface area (Å²) < 4.78 is 0. The smallest absolute Gasteiger partial charge is 0.246 e. The van der Waals surface area contributed by atoms with Crippen molar-refractivity contribution in [1.29, 1.82) is 0 Å². The molecule has 5 rings (SSSR count). The second-order valence-electron chi connectivity index (χ2n) is 9.96. The molecule has 0 spiro atoms. The summed E-state index contributed by atoms with van der Waals surface area (Å²) in [6, 6.07) is 14.0. The molecule has 3 aromatic rings. The lowest BCUT2D eigenvalue weighted by Gasteiger charge is -2.35. The second-order valence-corrected chi connectivity index (χ2v) is 10.8. The van der Waals surface area contributed by atoms with E-state index in [1.54, 1.807) is 24.3 Å². The van der Waals surface area contributed by atoms with E-state index in [-0.39, 0.29) is 5.91 Å². The van der Waals surface area contributed by atoms with E-state index in [2.05, 4.69) is 40.3 Å². The van der Waals surface area contributed by atoms with E-state index in [1.165, 1.54) is 55.4 Å². The first-order chi connectivity index (χ1) is 17.1. The van der Waals surface area contributed by atoms with Crippen molar-refractivity contribution in [3.05, 3.63) is 75.9 Å². The van der Waals surface area contributed by atoms with Crippen molar-refractivity contribution in [1.82, 2.24) is 14.8 Å². The minimum absolute atomic E-state index is 0.0637. The predicted octanol–water partition coefficient (Wildman–Crippen LogP) is 7.00. The number of likely N-dealkylation sites (tertiary alicyclic amines) is 2. The van der Waals surface area contributed by atoms with Gasteiger partial charge in [-0.05, 0) is 99.0 Å². The molecule has 2 fully saturated rings. The summed E-state index contributed by atoms with van der Waals surface area (Å²) in [6.45, 7) is 5.21. The van der Waals surface area contributed by atoms with Crippen molar-refractivity contribution >= 4 is 46.1 Å². The molecule has 0 unspecified atom stereocenters. The third kappa shape index (κ3) is 5.94. The lowest BCUT2D eigenvalue weighted by Crippen LogP contribution is -2.39. The Morgan fingerprint density at radius 1 is 1.00 bits per heavy atom. The van der Waals surface area contributed by atoms with Crippen LogP contribution in [0.1, 0.15) is 49.1 Å². The van der Waals surface area contributed by atoms with Gasteiger partial charge in [-0.15, -0.1) is 0 Å². The van der Waals surface area contributed by atoms with Gasteiger partial charge in [0, 0.05) is 46.3 Å². The van der Waals surface area contributed by atoms with Crippen LogP contribution in [0.5, 0.6) is 0 Å². The van der Waals surface area contributed by atoms with Crippen LogP contribution in [0.25, 0.3) is 17.0 Å².